The molecule has 1 atom stereocenters. The van der Waals surface area contributed by atoms with Crippen LogP contribution in [0.4, 0.5) is 10.5 Å². The van der Waals surface area contributed by atoms with Crippen molar-refractivity contribution in [1.29, 1.82) is 0 Å². The largest absolute Gasteiger partial charge is 0.450 e. The second kappa shape index (κ2) is 9.75. The molecule has 1 aromatic rings. The van der Waals surface area contributed by atoms with Crippen molar-refractivity contribution in [2.24, 2.45) is 0 Å². The van der Waals surface area contributed by atoms with Crippen molar-refractivity contribution >= 4 is 17.7 Å². The van der Waals surface area contributed by atoms with Crippen molar-refractivity contribution in [3.8, 4) is 0 Å². The second-order valence-corrected chi connectivity index (χ2v) is 7.59. The third-order valence-electron chi connectivity index (χ3n) is 5.73. The highest BCUT2D eigenvalue weighted by atomic mass is 16.6. The number of ether oxygens (including phenoxy) is 1. The Balaban J connectivity index is 1.58. The third kappa shape index (κ3) is 4.94. The molecule has 154 valence electrons. The molecule has 2 saturated heterocycles. The first-order chi connectivity index (χ1) is 13.6. The number of anilines is 1. The standard InChI is InChI=1S/C21H32N4O3/c1-3-18-7-5-6-12-25(18)20(26)19-15-17(8-11-22-19)23-16-9-13-24(14-10-16)21(27)28-4-2/h8,11,15-16,18H,3-7,9-10,12-14H2,1-2H3,(H,22,23). The molecule has 3 heterocycles. The van der Waals surface area contributed by atoms with Crippen molar-refractivity contribution in [2.45, 2.75) is 64.5 Å². The van der Waals surface area contributed by atoms with E-state index in [1.807, 2.05) is 24.0 Å². The molecule has 2 aliphatic rings. The summed E-state index contributed by atoms with van der Waals surface area (Å²) in [6.45, 7) is 6.55. The van der Waals surface area contributed by atoms with Gasteiger partial charge in [-0.2, -0.15) is 0 Å². The Morgan fingerprint density at radius 1 is 1.18 bits per heavy atom. The number of aromatic nitrogens is 1. The molecular formula is C21H32N4O3. The summed E-state index contributed by atoms with van der Waals surface area (Å²) in [7, 11) is 0. The molecular weight excluding hydrogens is 356 g/mol. The van der Waals surface area contributed by atoms with Crippen molar-refractivity contribution < 1.29 is 14.3 Å². The van der Waals surface area contributed by atoms with Crippen LogP contribution in [0.1, 0.15) is 62.9 Å². The van der Waals surface area contributed by atoms with Crippen LogP contribution < -0.4 is 5.32 Å². The maximum absolute atomic E-state index is 13.0. The molecule has 0 radical (unpaired) electrons. The Bertz CT molecular complexity index is 673. The van der Waals surface area contributed by atoms with E-state index in [1.165, 1.54) is 6.42 Å². The number of rotatable bonds is 5. The van der Waals surface area contributed by atoms with E-state index in [9.17, 15) is 9.59 Å². The lowest BCUT2D eigenvalue weighted by Gasteiger charge is -2.35. The summed E-state index contributed by atoms with van der Waals surface area (Å²) in [6, 6.07) is 4.37. The van der Waals surface area contributed by atoms with Gasteiger partial charge in [-0.15, -0.1) is 0 Å². The van der Waals surface area contributed by atoms with E-state index < -0.39 is 0 Å². The molecule has 0 saturated carbocycles. The fourth-order valence-corrected chi connectivity index (χ4v) is 4.13. The van der Waals surface area contributed by atoms with E-state index in [0.717, 1.165) is 44.3 Å². The molecule has 28 heavy (non-hydrogen) atoms. The minimum absolute atomic E-state index is 0.0346. The highest BCUT2D eigenvalue weighted by molar-refractivity contribution is 5.93. The minimum atomic E-state index is -0.232. The van der Waals surface area contributed by atoms with Crippen molar-refractivity contribution in [3.63, 3.8) is 0 Å². The Kier molecular flexibility index (Phi) is 7.12. The van der Waals surface area contributed by atoms with Crippen LogP contribution in [0.25, 0.3) is 0 Å². The number of nitrogens with one attached hydrogen (secondary N) is 1. The average molecular weight is 389 g/mol. The Labute approximate surface area is 167 Å². The molecule has 7 heteroatoms. The van der Waals surface area contributed by atoms with Crippen LogP contribution in [-0.2, 0) is 4.74 Å². The van der Waals surface area contributed by atoms with Crippen LogP contribution in [-0.4, -0.2) is 65.1 Å². The lowest BCUT2D eigenvalue weighted by Crippen LogP contribution is -2.43. The van der Waals surface area contributed by atoms with Crippen molar-refractivity contribution in [1.82, 2.24) is 14.8 Å². The summed E-state index contributed by atoms with van der Waals surface area (Å²) in [5.41, 5.74) is 1.42. The van der Waals surface area contributed by atoms with Gasteiger partial charge in [0.2, 0.25) is 0 Å². The molecule has 0 bridgehead atoms. The highest BCUT2D eigenvalue weighted by Gasteiger charge is 2.27. The number of hydrogen-bond donors (Lipinski definition) is 1. The molecule has 1 N–H and O–H groups in total. The van der Waals surface area contributed by atoms with Gasteiger partial charge in [0.1, 0.15) is 5.69 Å². The third-order valence-corrected chi connectivity index (χ3v) is 5.73. The SMILES string of the molecule is CCOC(=O)N1CCC(Nc2ccnc(C(=O)N3CCCCC3CC)c2)CC1. The molecule has 1 aromatic heterocycles. The summed E-state index contributed by atoms with van der Waals surface area (Å²) in [5.74, 6) is 0.0346. The van der Waals surface area contributed by atoms with Gasteiger partial charge in [0, 0.05) is 43.6 Å². The topological polar surface area (TPSA) is 74.8 Å². The van der Waals surface area contributed by atoms with Gasteiger partial charge in [-0.25, -0.2) is 4.79 Å². The van der Waals surface area contributed by atoms with E-state index in [4.69, 9.17) is 4.74 Å². The summed E-state index contributed by atoms with van der Waals surface area (Å²) in [4.78, 5) is 32.9. The van der Waals surface area contributed by atoms with Crippen LogP contribution in [0.15, 0.2) is 18.3 Å². The predicted octanol–water partition coefficient (Wildman–Crippen LogP) is 3.52. The van der Waals surface area contributed by atoms with Gasteiger partial charge in [-0.1, -0.05) is 6.92 Å². The quantitative estimate of drug-likeness (QED) is 0.835. The Hall–Kier alpha value is -2.31. The zero-order valence-electron chi connectivity index (χ0n) is 17.0. The first kappa shape index (κ1) is 20.4. The number of likely N-dealkylation sites (tertiary alicyclic amines) is 2. The highest BCUT2D eigenvalue weighted by Crippen LogP contribution is 2.23. The van der Waals surface area contributed by atoms with Gasteiger partial charge < -0.3 is 19.9 Å². The lowest BCUT2D eigenvalue weighted by molar-refractivity contribution is 0.0602. The summed E-state index contributed by atoms with van der Waals surface area (Å²) in [6.07, 6.45) is 7.52. The van der Waals surface area contributed by atoms with Gasteiger partial charge in [0.15, 0.2) is 0 Å². The summed E-state index contributed by atoms with van der Waals surface area (Å²) in [5, 5.41) is 3.51. The van der Waals surface area contributed by atoms with Gasteiger partial charge in [0.25, 0.3) is 5.91 Å². The number of amides is 2. The fourth-order valence-electron chi connectivity index (χ4n) is 4.13. The van der Waals surface area contributed by atoms with Crippen LogP contribution >= 0.6 is 0 Å². The predicted molar refractivity (Wildman–Crippen MR) is 108 cm³/mol. The smallest absolute Gasteiger partial charge is 0.409 e. The molecule has 1 unspecified atom stereocenters. The first-order valence-corrected chi connectivity index (χ1v) is 10.6. The van der Waals surface area contributed by atoms with Crippen LogP contribution in [0.3, 0.4) is 0 Å². The minimum Gasteiger partial charge on any atom is -0.450 e. The Morgan fingerprint density at radius 2 is 1.96 bits per heavy atom. The number of piperidine rings is 2. The normalized spacial score (nSPS) is 20.7. The molecule has 2 amide bonds. The summed E-state index contributed by atoms with van der Waals surface area (Å²) < 4.78 is 5.07. The van der Waals surface area contributed by atoms with E-state index in [1.54, 1.807) is 11.1 Å². The van der Waals surface area contributed by atoms with E-state index in [-0.39, 0.29) is 18.0 Å². The van der Waals surface area contributed by atoms with Crippen molar-refractivity contribution in [3.05, 3.63) is 24.0 Å². The van der Waals surface area contributed by atoms with E-state index >= 15 is 0 Å². The zero-order chi connectivity index (χ0) is 19.9. The zero-order valence-corrected chi connectivity index (χ0v) is 17.0. The second-order valence-electron chi connectivity index (χ2n) is 7.59. The van der Waals surface area contributed by atoms with Gasteiger partial charge in [0.05, 0.1) is 6.61 Å². The molecule has 2 fully saturated rings. The first-order valence-electron chi connectivity index (χ1n) is 10.6. The number of hydrogen-bond acceptors (Lipinski definition) is 5. The molecule has 3 rings (SSSR count). The van der Waals surface area contributed by atoms with Crippen LogP contribution in [0.2, 0.25) is 0 Å². The lowest BCUT2D eigenvalue weighted by atomic mass is 9.99. The van der Waals surface area contributed by atoms with Crippen molar-refractivity contribution in [2.75, 3.05) is 31.6 Å². The van der Waals surface area contributed by atoms with Crippen LogP contribution in [0.5, 0.6) is 0 Å². The Morgan fingerprint density at radius 3 is 2.68 bits per heavy atom. The maximum atomic E-state index is 13.0. The summed E-state index contributed by atoms with van der Waals surface area (Å²) >= 11 is 0. The number of carbonyl (C=O) groups is 2. The van der Waals surface area contributed by atoms with Gasteiger partial charge >= 0.3 is 6.09 Å². The van der Waals surface area contributed by atoms with E-state index in [2.05, 4.69) is 17.2 Å². The van der Waals surface area contributed by atoms with E-state index in [0.29, 0.717) is 31.4 Å². The number of pyridine rings is 1. The monoisotopic (exact) mass is 388 g/mol. The molecule has 7 nitrogen and oxygen atoms in total. The number of nitrogens with zero attached hydrogens (tertiary/aromatic N) is 3. The molecule has 0 aromatic carbocycles. The average Bonchev–Trinajstić information content (AvgIpc) is 2.74. The molecule has 0 spiro atoms. The maximum Gasteiger partial charge on any atom is 0.409 e. The van der Waals surface area contributed by atoms with Crippen LogP contribution in [0, 0.1) is 0 Å². The molecule has 2 aliphatic heterocycles. The van der Waals surface area contributed by atoms with Gasteiger partial charge in [-0.05, 0) is 57.6 Å². The molecule has 0 aliphatic carbocycles. The van der Waals surface area contributed by atoms with Gasteiger partial charge in [-0.3, -0.25) is 9.78 Å². The fraction of sp³-hybridized carbons (Fsp3) is 0.667. The number of carbonyl (C=O) groups excluding carboxylic acids is 2.